The minimum Gasteiger partial charge on any atom is -0.0617 e. The second-order valence-corrected chi connectivity index (χ2v) is 2.06. The molecule has 1 aromatic carbocycles. The first kappa shape index (κ1) is 6.34. The quantitative estimate of drug-likeness (QED) is 0.487. The van der Waals surface area contributed by atoms with E-state index in [1.54, 1.807) is 0 Å². The molecule has 0 bridgehead atoms. The number of benzene rings is 1. The average molecular weight is 116 g/mol. The van der Waals surface area contributed by atoms with Crippen LogP contribution in [-0.2, 0) is 0 Å². The third-order valence-electron chi connectivity index (χ3n) is 1.42. The molecule has 0 aromatic heterocycles. The minimum absolute atomic E-state index is 0.759. The highest BCUT2D eigenvalue weighted by Gasteiger charge is 1.92. The summed E-state index contributed by atoms with van der Waals surface area (Å²) in [5.74, 6) is 0. The van der Waals surface area contributed by atoms with Gasteiger partial charge in [0.2, 0.25) is 0 Å². The molecule has 0 unspecified atom stereocenters. The highest BCUT2D eigenvalue weighted by molar-refractivity contribution is 5.37. The lowest BCUT2D eigenvalue weighted by Crippen LogP contribution is -1.82. The van der Waals surface area contributed by atoms with Crippen molar-refractivity contribution in [3.8, 4) is 0 Å². The molecular weight excluding hydrogens is 108 g/mol. The molecule has 0 aliphatic carbocycles. The monoisotopic (exact) mass is 116 g/mol. The molecule has 1 aromatic rings. The van der Waals surface area contributed by atoms with Crippen molar-refractivity contribution in [3.05, 3.63) is 48.7 Å². The normalized spacial score (nSPS) is 9.67. The van der Waals surface area contributed by atoms with E-state index < -0.39 is 0 Å². The second kappa shape index (κ2) is 2.22. The van der Waals surface area contributed by atoms with Crippen LogP contribution < -0.4 is 0 Å². The highest BCUT2D eigenvalue weighted by atomic mass is 14.0. The van der Waals surface area contributed by atoms with Crippen LogP contribution >= 0.6 is 0 Å². The molecule has 9 heavy (non-hydrogen) atoms. The van der Waals surface area contributed by atoms with Crippen molar-refractivity contribution >= 4 is 0 Å². The molecule has 0 heterocycles. The van der Waals surface area contributed by atoms with Crippen LogP contribution in [0, 0.1) is 20.8 Å². The van der Waals surface area contributed by atoms with Crippen molar-refractivity contribution in [1.29, 1.82) is 0 Å². The fraction of sp³-hybridized carbons (Fsp3) is 0.111. The van der Waals surface area contributed by atoms with E-state index in [1.807, 2.05) is 25.1 Å². The van der Waals surface area contributed by atoms with Gasteiger partial charge in [-0.05, 0) is 37.5 Å². The Morgan fingerprint density at radius 3 is 1.89 bits per heavy atom. The zero-order valence-electron chi connectivity index (χ0n) is 5.39. The van der Waals surface area contributed by atoms with Crippen molar-refractivity contribution in [2.45, 2.75) is 6.92 Å². The molecule has 1 rings (SSSR count). The molecule has 0 saturated heterocycles. The Hall–Kier alpha value is -0.780. The van der Waals surface area contributed by atoms with Crippen LogP contribution in [0.5, 0.6) is 0 Å². The molecule has 0 nitrogen and oxygen atoms in total. The second-order valence-electron chi connectivity index (χ2n) is 2.06. The summed E-state index contributed by atoms with van der Waals surface area (Å²) in [5, 5.41) is 0. The van der Waals surface area contributed by atoms with Crippen LogP contribution in [0.2, 0.25) is 0 Å². The molecule has 0 aliphatic heterocycles. The Balaban J connectivity index is 3.25. The molecule has 0 saturated carbocycles. The van der Waals surface area contributed by atoms with Gasteiger partial charge in [-0.25, -0.2) is 0 Å². The third kappa shape index (κ3) is 1.13. The lowest BCUT2D eigenvalue weighted by Gasteiger charge is -2.00. The lowest BCUT2D eigenvalue weighted by molar-refractivity contribution is 1.37. The van der Waals surface area contributed by atoms with Crippen LogP contribution in [0.4, 0.5) is 0 Å². The van der Waals surface area contributed by atoms with E-state index in [2.05, 4.69) is 0 Å². The van der Waals surface area contributed by atoms with Gasteiger partial charge in [0, 0.05) is 0 Å². The Labute approximate surface area is 56.5 Å². The third-order valence-corrected chi connectivity index (χ3v) is 1.42. The van der Waals surface area contributed by atoms with Crippen molar-refractivity contribution < 1.29 is 0 Å². The predicted octanol–water partition coefficient (Wildman–Crippen LogP) is 2.11. The Bertz CT molecular complexity index is 191. The summed E-state index contributed by atoms with van der Waals surface area (Å²) in [5.41, 5.74) is 2.49. The van der Waals surface area contributed by atoms with Gasteiger partial charge in [-0.2, -0.15) is 0 Å². The first-order valence-electron chi connectivity index (χ1n) is 2.82. The fourth-order valence-electron chi connectivity index (χ4n) is 0.672. The summed E-state index contributed by atoms with van der Waals surface area (Å²) in [6.07, 6.45) is 0. The van der Waals surface area contributed by atoms with Gasteiger partial charge >= 0.3 is 0 Å². The number of hydrogen-bond donors (Lipinski definition) is 0. The van der Waals surface area contributed by atoms with Crippen molar-refractivity contribution in [2.75, 3.05) is 0 Å². The minimum atomic E-state index is 0.759. The number of hydrogen-bond acceptors (Lipinski definition) is 0. The van der Waals surface area contributed by atoms with Crippen molar-refractivity contribution in [2.24, 2.45) is 0 Å². The molecule has 0 N–H and O–H groups in total. The standard InChI is InChI=1S/C9H8/c1-7-5-4-6-8(2)9(7)3/h1-2,4-6H,3H3. The Morgan fingerprint density at radius 1 is 1.11 bits per heavy atom. The van der Waals surface area contributed by atoms with Gasteiger partial charge in [-0.15, -0.1) is 0 Å². The van der Waals surface area contributed by atoms with E-state index in [0.717, 1.165) is 16.7 Å². The summed E-state index contributed by atoms with van der Waals surface area (Å²) in [7, 11) is 0. The molecule has 44 valence electrons. The maximum atomic E-state index is 5.54. The molecular formula is C9H8. The summed E-state index contributed by atoms with van der Waals surface area (Å²) in [6.45, 7) is 13.0. The van der Waals surface area contributed by atoms with Gasteiger partial charge < -0.3 is 0 Å². The SMILES string of the molecule is [CH]c1cccc([CH])c1C. The molecule has 0 fully saturated rings. The van der Waals surface area contributed by atoms with E-state index >= 15 is 0 Å². The maximum Gasteiger partial charge on any atom is -0.000912 e. The van der Waals surface area contributed by atoms with Crippen LogP contribution in [0.15, 0.2) is 18.2 Å². The first-order valence-corrected chi connectivity index (χ1v) is 2.82. The summed E-state index contributed by atoms with van der Waals surface area (Å²) >= 11 is 0. The zero-order valence-corrected chi connectivity index (χ0v) is 5.39. The van der Waals surface area contributed by atoms with Crippen LogP contribution in [0.1, 0.15) is 16.7 Å². The summed E-state index contributed by atoms with van der Waals surface area (Å²) < 4.78 is 0. The topological polar surface area (TPSA) is 0 Å². The average Bonchev–Trinajstić information content (AvgIpc) is 1.83. The van der Waals surface area contributed by atoms with Gasteiger partial charge in [0.1, 0.15) is 0 Å². The van der Waals surface area contributed by atoms with Crippen LogP contribution in [-0.4, -0.2) is 0 Å². The fourth-order valence-corrected chi connectivity index (χ4v) is 0.672. The molecule has 0 amide bonds. The highest BCUT2D eigenvalue weighted by Crippen LogP contribution is 2.09. The smallest absolute Gasteiger partial charge is 0.000912 e. The largest absolute Gasteiger partial charge is 0.0617 e. The van der Waals surface area contributed by atoms with Gasteiger partial charge in [0.05, 0.1) is 0 Å². The van der Waals surface area contributed by atoms with Gasteiger partial charge in [-0.3, -0.25) is 0 Å². The van der Waals surface area contributed by atoms with Gasteiger partial charge in [0.15, 0.2) is 0 Å². The zero-order chi connectivity index (χ0) is 6.85. The molecule has 0 heteroatoms. The number of rotatable bonds is 0. The molecule has 0 spiro atoms. The van der Waals surface area contributed by atoms with Gasteiger partial charge in [0.25, 0.3) is 0 Å². The van der Waals surface area contributed by atoms with E-state index in [-0.39, 0.29) is 0 Å². The van der Waals surface area contributed by atoms with E-state index in [4.69, 9.17) is 13.8 Å². The predicted molar refractivity (Wildman–Crippen MR) is 38.0 cm³/mol. The summed E-state index contributed by atoms with van der Waals surface area (Å²) in [6, 6.07) is 5.52. The van der Waals surface area contributed by atoms with Crippen molar-refractivity contribution in [3.63, 3.8) is 0 Å². The maximum absolute atomic E-state index is 5.54. The molecule has 0 atom stereocenters. The van der Waals surface area contributed by atoms with Crippen molar-refractivity contribution in [1.82, 2.24) is 0 Å². The summed E-state index contributed by atoms with van der Waals surface area (Å²) in [4.78, 5) is 0. The van der Waals surface area contributed by atoms with Crippen LogP contribution in [0.3, 0.4) is 0 Å². The van der Waals surface area contributed by atoms with E-state index in [9.17, 15) is 0 Å². The van der Waals surface area contributed by atoms with Gasteiger partial charge in [-0.1, -0.05) is 18.2 Å². The molecule has 0 aliphatic rings. The van der Waals surface area contributed by atoms with E-state index in [0.29, 0.717) is 0 Å². The first-order chi connectivity index (χ1) is 4.22. The Kier molecular flexibility index (Phi) is 1.56. The lowest BCUT2D eigenvalue weighted by atomic mass is 10.1. The van der Waals surface area contributed by atoms with E-state index in [1.165, 1.54) is 0 Å². The molecule has 4 radical (unpaired) electrons. The Morgan fingerprint density at radius 2 is 1.56 bits per heavy atom. The van der Waals surface area contributed by atoms with Crippen LogP contribution in [0.25, 0.3) is 0 Å².